The van der Waals surface area contributed by atoms with E-state index in [2.05, 4.69) is 5.10 Å². The Hall–Kier alpha value is -2.54. The molecule has 1 N–H and O–H groups in total. The molecular weight excluding hydrogens is 340 g/mol. The zero-order chi connectivity index (χ0) is 18.2. The summed E-state index contributed by atoms with van der Waals surface area (Å²) in [4.78, 5) is 0. The average Bonchev–Trinajstić information content (AvgIpc) is 3.01. The lowest BCUT2D eigenvalue weighted by Crippen LogP contribution is -2.25. The number of hydrazone groups is 1. The summed E-state index contributed by atoms with van der Waals surface area (Å²) in [6.07, 6.45) is 1.60. The van der Waals surface area contributed by atoms with Crippen molar-refractivity contribution < 1.29 is 18.3 Å². The molecule has 1 atom stereocenters. The predicted molar refractivity (Wildman–Crippen MR) is 96.4 cm³/mol. The topological polar surface area (TPSA) is 79.2 Å². The summed E-state index contributed by atoms with van der Waals surface area (Å²) in [7, 11) is -2.04. The maximum Gasteiger partial charge on any atom is 0.247 e. The number of nitrogens with zero attached hydrogens (tertiary/aromatic N) is 2. The van der Waals surface area contributed by atoms with Gasteiger partial charge in [-0.05, 0) is 30.7 Å². The van der Waals surface area contributed by atoms with E-state index >= 15 is 0 Å². The first-order chi connectivity index (χ1) is 11.8. The molecule has 0 aliphatic carbocycles. The molecule has 25 heavy (non-hydrogen) atoms. The van der Waals surface area contributed by atoms with E-state index in [1.807, 2.05) is 31.2 Å². The van der Waals surface area contributed by atoms with Gasteiger partial charge in [-0.15, -0.1) is 0 Å². The van der Waals surface area contributed by atoms with Gasteiger partial charge in [0.05, 0.1) is 25.1 Å². The second kappa shape index (κ2) is 6.40. The summed E-state index contributed by atoms with van der Waals surface area (Å²) < 4.78 is 30.7. The SMILES string of the molecule is COc1cc(C2=NN(S(C)(=O)=O)[C@@H](c3ccc(C)cc3)C2)ccc1O. The Morgan fingerprint density at radius 3 is 2.48 bits per heavy atom. The van der Waals surface area contributed by atoms with Crippen molar-refractivity contribution in [3.8, 4) is 11.5 Å². The van der Waals surface area contributed by atoms with Gasteiger partial charge >= 0.3 is 0 Å². The fourth-order valence-corrected chi connectivity index (χ4v) is 3.77. The van der Waals surface area contributed by atoms with Crippen molar-refractivity contribution >= 4 is 15.7 Å². The lowest BCUT2D eigenvalue weighted by atomic mass is 9.98. The molecule has 2 aromatic carbocycles. The zero-order valence-corrected chi connectivity index (χ0v) is 15.1. The number of hydrogen-bond donors (Lipinski definition) is 1. The molecule has 0 saturated carbocycles. The average molecular weight is 360 g/mol. The molecule has 7 heteroatoms. The van der Waals surface area contributed by atoms with E-state index in [0.717, 1.165) is 27.4 Å². The first-order valence-electron chi connectivity index (χ1n) is 7.80. The first kappa shape index (κ1) is 17.3. The number of hydrogen-bond acceptors (Lipinski definition) is 5. The minimum absolute atomic E-state index is 0.0277. The first-order valence-corrected chi connectivity index (χ1v) is 9.65. The summed E-state index contributed by atoms with van der Waals surface area (Å²) in [5, 5.41) is 14.1. The van der Waals surface area contributed by atoms with Crippen LogP contribution in [0.1, 0.15) is 29.2 Å². The Morgan fingerprint density at radius 2 is 1.88 bits per heavy atom. The number of aromatic hydroxyl groups is 1. The van der Waals surface area contributed by atoms with Gasteiger partial charge < -0.3 is 9.84 Å². The molecule has 6 nitrogen and oxygen atoms in total. The lowest BCUT2D eigenvalue weighted by Gasteiger charge is -2.21. The Labute approximate surface area is 147 Å². The van der Waals surface area contributed by atoms with Crippen LogP contribution in [0.3, 0.4) is 0 Å². The van der Waals surface area contributed by atoms with Gasteiger partial charge in [0.25, 0.3) is 0 Å². The van der Waals surface area contributed by atoms with Gasteiger partial charge in [-0.2, -0.15) is 9.52 Å². The number of benzene rings is 2. The van der Waals surface area contributed by atoms with Crippen LogP contribution in [0.2, 0.25) is 0 Å². The van der Waals surface area contributed by atoms with Gasteiger partial charge in [0.1, 0.15) is 0 Å². The minimum Gasteiger partial charge on any atom is -0.504 e. The fraction of sp³-hybridized carbons (Fsp3) is 0.278. The van der Waals surface area contributed by atoms with E-state index in [0.29, 0.717) is 17.9 Å². The molecular formula is C18H20N2O4S. The van der Waals surface area contributed by atoms with Crippen LogP contribution in [0.25, 0.3) is 0 Å². The van der Waals surface area contributed by atoms with Crippen LogP contribution < -0.4 is 4.74 Å². The van der Waals surface area contributed by atoms with Gasteiger partial charge in [-0.3, -0.25) is 0 Å². The number of phenolic OH excluding ortho intramolecular Hbond substituents is 1. The molecule has 0 spiro atoms. The van der Waals surface area contributed by atoms with Crippen LogP contribution in [0.15, 0.2) is 47.6 Å². The van der Waals surface area contributed by atoms with Crippen LogP contribution in [0.5, 0.6) is 11.5 Å². The maximum absolute atomic E-state index is 12.2. The summed E-state index contributed by atoms with van der Waals surface area (Å²) in [5.74, 6) is 0.352. The number of methoxy groups -OCH3 is 1. The summed E-state index contributed by atoms with van der Waals surface area (Å²) in [6.45, 7) is 1.98. The van der Waals surface area contributed by atoms with Crippen LogP contribution in [0.4, 0.5) is 0 Å². The van der Waals surface area contributed by atoms with Crippen molar-refractivity contribution in [3.05, 3.63) is 59.2 Å². The van der Waals surface area contributed by atoms with Gasteiger partial charge in [0.15, 0.2) is 11.5 Å². The molecule has 0 unspecified atom stereocenters. The molecule has 3 rings (SSSR count). The molecule has 1 aliphatic heterocycles. The highest BCUT2D eigenvalue weighted by molar-refractivity contribution is 7.88. The van der Waals surface area contributed by atoms with E-state index in [4.69, 9.17) is 4.74 Å². The van der Waals surface area contributed by atoms with Crippen molar-refractivity contribution in [1.29, 1.82) is 0 Å². The summed E-state index contributed by atoms with van der Waals surface area (Å²) >= 11 is 0. The van der Waals surface area contributed by atoms with Gasteiger partial charge in [-0.1, -0.05) is 29.8 Å². The van der Waals surface area contributed by atoms with Crippen molar-refractivity contribution in [2.24, 2.45) is 5.10 Å². The number of ether oxygens (including phenoxy) is 1. The highest BCUT2D eigenvalue weighted by atomic mass is 32.2. The smallest absolute Gasteiger partial charge is 0.247 e. The van der Waals surface area contributed by atoms with Crippen LogP contribution in [0, 0.1) is 6.92 Å². The molecule has 0 fully saturated rings. The highest BCUT2D eigenvalue weighted by Gasteiger charge is 2.34. The monoisotopic (exact) mass is 360 g/mol. The maximum atomic E-state index is 12.2. The predicted octanol–water partition coefficient (Wildman–Crippen LogP) is 2.82. The molecule has 0 aromatic heterocycles. The molecule has 1 aliphatic rings. The fourth-order valence-electron chi connectivity index (χ4n) is 2.86. The van der Waals surface area contributed by atoms with E-state index < -0.39 is 10.0 Å². The molecule has 132 valence electrons. The van der Waals surface area contributed by atoms with Crippen LogP contribution in [-0.4, -0.2) is 37.0 Å². The summed E-state index contributed by atoms with van der Waals surface area (Å²) in [6, 6.07) is 12.3. The highest BCUT2D eigenvalue weighted by Crippen LogP contribution is 2.36. The minimum atomic E-state index is -3.51. The number of rotatable bonds is 4. The van der Waals surface area contributed by atoms with E-state index in [9.17, 15) is 13.5 Å². The molecule has 0 saturated heterocycles. The quantitative estimate of drug-likeness (QED) is 0.909. The molecule has 0 amide bonds. The second-order valence-electron chi connectivity index (χ2n) is 6.10. The van der Waals surface area contributed by atoms with Crippen LogP contribution in [-0.2, 0) is 10.0 Å². The van der Waals surface area contributed by atoms with E-state index in [1.54, 1.807) is 12.1 Å². The third-order valence-corrected chi connectivity index (χ3v) is 5.20. The van der Waals surface area contributed by atoms with Gasteiger partial charge in [-0.25, -0.2) is 8.42 Å². The van der Waals surface area contributed by atoms with Crippen molar-refractivity contribution in [1.82, 2.24) is 4.41 Å². The van der Waals surface area contributed by atoms with Crippen molar-refractivity contribution in [3.63, 3.8) is 0 Å². The number of phenols is 1. The Bertz CT molecular complexity index is 921. The third-order valence-electron chi connectivity index (χ3n) is 4.19. The lowest BCUT2D eigenvalue weighted by molar-refractivity contribution is 0.373. The molecule has 2 aromatic rings. The molecule has 0 radical (unpaired) electrons. The van der Waals surface area contributed by atoms with Crippen molar-refractivity contribution in [2.45, 2.75) is 19.4 Å². The molecule has 1 heterocycles. The number of aryl methyl sites for hydroxylation is 1. The largest absolute Gasteiger partial charge is 0.504 e. The van der Waals surface area contributed by atoms with Crippen LogP contribution >= 0.6 is 0 Å². The Kier molecular flexibility index (Phi) is 4.43. The van der Waals surface area contributed by atoms with E-state index in [1.165, 1.54) is 13.2 Å². The zero-order valence-electron chi connectivity index (χ0n) is 14.3. The van der Waals surface area contributed by atoms with Crippen molar-refractivity contribution in [2.75, 3.05) is 13.4 Å². The van der Waals surface area contributed by atoms with Gasteiger partial charge in [0.2, 0.25) is 10.0 Å². The molecule has 0 bridgehead atoms. The third kappa shape index (κ3) is 3.46. The summed E-state index contributed by atoms with van der Waals surface area (Å²) in [5.41, 5.74) is 3.35. The van der Waals surface area contributed by atoms with E-state index in [-0.39, 0.29) is 11.8 Å². The number of sulfonamides is 1. The Morgan fingerprint density at radius 1 is 1.20 bits per heavy atom. The normalized spacial score (nSPS) is 17.5. The standard InChI is InChI=1S/C18H20N2O4S/c1-12-4-6-13(7-5-12)16-11-15(19-20(16)25(3,22)23)14-8-9-17(21)18(10-14)24-2/h4-10,16,21H,11H2,1-3H3/t16-/m1/s1. The Balaban J connectivity index is 2.01. The second-order valence-corrected chi connectivity index (χ2v) is 7.94. The van der Waals surface area contributed by atoms with Gasteiger partial charge in [0, 0.05) is 12.0 Å².